The molecule has 2 heterocycles. The van der Waals surface area contributed by atoms with Gasteiger partial charge in [0.15, 0.2) is 0 Å². The molecule has 2 aromatic heterocycles. The average molecular weight is 408 g/mol. The van der Waals surface area contributed by atoms with E-state index in [1.54, 1.807) is 0 Å². The van der Waals surface area contributed by atoms with Gasteiger partial charge in [-0.3, -0.25) is 4.79 Å². The summed E-state index contributed by atoms with van der Waals surface area (Å²) in [5.74, 6) is 0.154. The summed E-state index contributed by atoms with van der Waals surface area (Å²) in [5, 5.41) is 13.6. The summed E-state index contributed by atoms with van der Waals surface area (Å²) < 4.78 is 31.1. The first-order valence-electron chi connectivity index (χ1n) is 7.73. The predicted octanol–water partition coefficient (Wildman–Crippen LogP) is 1.68. The van der Waals surface area contributed by atoms with E-state index >= 15 is 0 Å². The van der Waals surface area contributed by atoms with E-state index in [1.807, 2.05) is 31.2 Å². The van der Waals surface area contributed by atoms with Crippen LogP contribution in [0.4, 0.5) is 5.13 Å². The molecule has 1 N–H and O–H groups in total. The number of hydrogen-bond donors (Lipinski definition) is 1. The number of anilines is 1. The van der Waals surface area contributed by atoms with Gasteiger partial charge in [0.1, 0.15) is 0 Å². The van der Waals surface area contributed by atoms with Crippen LogP contribution in [0.25, 0.3) is 11.4 Å². The lowest BCUT2D eigenvalue weighted by molar-refractivity contribution is -0.114. The Morgan fingerprint density at radius 3 is 2.63 bits per heavy atom. The standard InChI is InChI=1S/C15H16N6O4S2/c1-9-4-6-11(7-5-9)13-17-12(25-20-13)8-21(3)27(23,24)15-19-18-14(26-15)16-10(2)22/h4-7H,8H2,1-3H3,(H,16,18,22). The van der Waals surface area contributed by atoms with Gasteiger partial charge < -0.3 is 9.84 Å². The number of aryl methyl sites for hydroxylation is 1. The number of carbonyl (C=O) groups excluding carboxylic acids is 1. The van der Waals surface area contributed by atoms with E-state index in [0.717, 1.165) is 26.8 Å². The molecule has 3 aromatic rings. The highest BCUT2D eigenvalue weighted by Crippen LogP contribution is 2.24. The van der Waals surface area contributed by atoms with E-state index in [0.29, 0.717) is 5.82 Å². The van der Waals surface area contributed by atoms with Gasteiger partial charge in [-0.25, -0.2) is 8.42 Å². The molecule has 1 aromatic carbocycles. The minimum Gasteiger partial charge on any atom is -0.338 e. The Morgan fingerprint density at radius 1 is 1.26 bits per heavy atom. The van der Waals surface area contributed by atoms with Crippen molar-refractivity contribution in [1.29, 1.82) is 0 Å². The lowest BCUT2D eigenvalue weighted by atomic mass is 10.1. The Bertz CT molecular complexity index is 1060. The Labute approximate surface area is 159 Å². The molecule has 0 spiro atoms. The maximum atomic E-state index is 12.6. The van der Waals surface area contributed by atoms with Crippen LogP contribution in [0.3, 0.4) is 0 Å². The first-order valence-corrected chi connectivity index (χ1v) is 9.98. The molecule has 12 heteroatoms. The third-order valence-corrected chi connectivity index (χ3v) is 6.44. The summed E-state index contributed by atoms with van der Waals surface area (Å²) in [4.78, 5) is 15.3. The Balaban J connectivity index is 1.74. The van der Waals surface area contributed by atoms with Crippen LogP contribution in [0.15, 0.2) is 33.1 Å². The molecule has 0 saturated carbocycles. The van der Waals surface area contributed by atoms with Gasteiger partial charge in [-0.1, -0.05) is 46.3 Å². The zero-order chi connectivity index (χ0) is 19.6. The number of amides is 1. The Hall–Kier alpha value is -2.70. The van der Waals surface area contributed by atoms with Crippen LogP contribution >= 0.6 is 11.3 Å². The molecule has 142 valence electrons. The maximum absolute atomic E-state index is 12.6. The molecule has 0 saturated heterocycles. The van der Waals surface area contributed by atoms with Crippen LogP contribution in [0.2, 0.25) is 0 Å². The van der Waals surface area contributed by atoms with Gasteiger partial charge in [0.25, 0.3) is 10.0 Å². The summed E-state index contributed by atoms with van der Waals surface area (Å²) >= 11 is 0.760. The van der Waals surface area contributed by atoms with Crippen molar-refractivity contribution in [1.82, 2.24) is 24.6 Å². The number of benzene rings is 1. The van der Waals surface area contributed by atoms with Crippen molar-refractivity contribution in [3.63, 3.8) is 0 Å². The molecule has 10 nitrogen and oxygen atoms in total. The SMILES string of the molecule is CC(=O)Nc1nnc(S(=O)(=O)N(C)Cc2nc(-c3ccc(C)cc3)no2)s1. The van der Waals surface area contributed by atoms with E-state index in [9.17, 15) is 13.2 Å². The van der Waals surface area contributed by atoms with Crippen LogP contribution in [-0.2, 0) is 21.4 Å². The smallest absolute Gasteiger partial charge is 0.272 e. The second kappa shape index (κ2) is 7.50. The van der Waals surface area contributed by atoms with Crippen LogP contribution in [-0.4, -0.2) is 46.0 Å². The van der Waals surface area contributed by atoms with E-state index < -0.39 is 10.0 Å². The second-order valence-electron chi connectivity index (χ2n) is 5.69. The van der Waals surface area contributed by atoms with Crippen LogP contribution < -0.4 is 5.32 Å². The number of aromatic nitrogens is 4. The number of nitrogens with zero attached hydrogens (tertiary/aromatic N) is 5. The number of rotatable bonds is 6. The lowest BCUT2D eigenvalue weighted by Crippen LogP contribution is -2.26. The fourth-order valence-electron chi connectivity index (χ4n) is 2.06. The fraction of sp³-hybridized carbons (Fsp3) is 0.267. The molecule has 0 fully saturated rings. The van der Waals surface area contributed by atoms with Crippen molar-refractivity contribution >= 4 is 32.4 Å². The summed E-state index contributed by atoms with van der Waals surface area (Å²) in [7, 11) is -2.55. The number of sulfonamides is 1. The van der Waals surface area contributed by atoms with Gasteiger partial charge in [0.05, 0.1) is 6.54 Å². The van der Waals surface area contributed by atoms with Crippen molar-refractivity contribution in [2.24, 2.45) is 0 Å². The molecule has 0 bridgehead atoms. The Morgan fingerprint density at radius 2 is 1.96 bits per heavy atom. The fourth-order valence-corrected chi connectivity index (χ4v) is 4.32. The zero-order valence-electron chi connectivity index (χ0n) is 14.7. The minimum absolute atomic E-state index is 0.105. The molecular formula is C15H16N6O4S2. The van der Waals surface area contributed by atoms with E-state index in [4.69, 9.17) is 4.52 Å². The highest BCUT2D eigenvalue weighted by Gasteiger charge is 2.27. The molecule has 0 unspecified atom stereocenters. The van der Waals surface area contributed by atoms with Gasteiger partial charge in [0, 0.05) is 19.5 Å². The summed E-state index contributed by atoms with van der Waals surface area (Å²) in [6.07, 6.45) is 0. The third kappa shape index (κ3) is 4.35. The van der Waals surface area contributed by atoms with Crippen LogP contribution in [0, 0.1) is 6.92 Å². The molecule has 0 aliphatic rings. The molecule has 27 heavy (non-hydrogen) atoms. The molecular weight excluding hydrogens is 392 g/mol. The summed E-state index contributed by atoms with van der Waals surface area (Å²) in [5.41, 5.74) is 1.87. The quantitative estimate of drug-likeness (QED) is 0.609. The molecule has 0 aliphatic heterocycles. The Kier molecular flexibility index (Phi) is 5.30. The van der Waals surface area contributed by atoms with Crippen molar-refractivity contribution in [2.45, 2.75) is 24.7 Å². The average Bonchev–Trinajstić information content (AvgIpc) is 3.25. The molecule has 0 radical (unpaired) electrons. The largest absolute Gasteiger partial charge is 0.338 e. The molecule has 0 aliphatic carbocycles. The van der Waals surface area contributed by atoms with Gasteiger partial charge in [-0.2, -0.15) is 9.29 Å². The van der Waals surface area contributed by atoms with Gasteiger partial charge >= 0.3 is 0 Å². The number of nitrogens with one attached hydrogen (secondary N) is 1. The van der Waals surface area contributed by atoms with Crippen LogP contribution in [0.5, 0.6) is 0 Å². The maximum Gasteiger partial charge on any atom is 0.272 e. The van der Waals surface area contributed by atoms with Crippen LogP contribution in [0.1, 0.15) is 18.4 Å². The first-order chi connectivity index (χ1) is 12.8. The zero-order valence-corrected chi connectivity index (χ0v) is 16.3. The van der Waals surface area contributed by atoms with Crippen molar-refractivity contribution in [2.75, 3.05) is 12.4 Å². The summed E-state index contributed by atoms with van der Waals surface area (Å²) in [6.45, 7) is 3.13. The molecule has 3 rings (SSSR count). The van der Waals surface area contributed by atoms with Crippen molar-refractivity contribution < 1.29 is 17.7 Å². The monoisotopic (exact) mass is 408 g/mol. The lowest BCUT2D eigenvalue weighted by Gasteiger charge is -2.11. The van der Waals surface area contributed by atoms with Crippen molar-refractivity contribution in [3.8, 4) is 11.4 Å². The highest BCUT2D eigenvalue weighted by atomic mass is 32.2. The number of carbonyl (C=O) groups is 1. The number of hydrogen-bond acceptors (Lipinski definition) is 9. The van der Waals surface area contributed by atoms with E-state index in [2.05, 4.69) is 25.7 Å². The van der Waals surface area contributed by atoms with E-state index in [1.165, 1.54) is 14.0 Å². The van der Waals surface area contributed by atoms with E-state index in [-0.39, 0.29) is 27.8 Å². The van der Waals surface area contributed by atoms with Gasteiger partial charge in [-0.15, -0.1) is 10.2 Å². The first kappa shape index (κ1) is 19.1. The third-order valence-electron chi connectivity index (χ3n) is 3.46. The molecule has 1 amide bonds. The second-order valence-corrected chi connectivity index (χ2v) is 8.89. The topological polar surface area (TPSA) is 131 Å². The summed E-state index contributed by atoms with van der Waals surface area (Å²) in [6, 6.07) is 7.55. The van der Waals surface area contributed by atoms with Gasteiger partial charge in [-0.05, 0) is 6.92 Å². The normalized spacial score (nSPS) is 11.7. The predicted molar refractivity (Wildman–Crippen MR) is 97.3 cm³/mol. The van der Waals surface area contributed by atoms with Gasteiger partial charge in [0.2, 0.25) is 27.1 Å². The van der Waals surface area contributed by atoms with Crippen molar-refractivity contribution in [3.05, 3.63) is 35.7 Å². The highest BCUT2D eigenvalue weighted by molar-refractivity contribution is 7.91. The molecule has 0 atom stereocenters. The minimum atomic E-state index is -3.91.